The Labute approximate surface area is 210 Å². The van der Waals surface area contributed by atoms with E-state index in [0.29, 0.717) is 0 Å². The van der Waals surface area contributed by atoms with Crippen LogP contribution in [-0.2, 0) is 11.0 Å². The minimum atomic E-state index is -4.67. The van der Waals surface area contributed by atoms with Gasteiger partial charge in [-0.1, -0.05) is 18.2 Å². The molecule has 3 aromatic rings. The summed E-state index contributed by atoms with van der Waals surface area (Å²) in [7, 11) is 0. The summed E-state index contributed by atoms with van der Waals surface area (Å²) >= 11 is 0. The van der Waals surface area contributed by atoms with E-state index in [2.05, 4.69) is 0 Å². The summed E-state index contributed by atoms with van der Waals surface area (Å²) in [4.78, 5) is 41.7. The molecule has 0 fully saturated rings. The maximum Gasteiger partial charge on any atom is 0.416 e. The molecule has 1 aliphatic heterocycles. The molecule has 1 heterocycles. The zero-order valence-electron chi connectivity index (χ0n) is 19.8. The summed E-state index contributed by atoms with van der Waals surface area (Å²) in [5.74, 6) is -0.978. The normalized spacial score (nSPS) is 14.8. The second-order valence-electron chi connectivity index (χ2n) is 8.11. The van der Waals surface area contributed by atoms with Crippen LogP contribution in [0.5, 0.6) is 5.75 Å². The fourth-order valence-electron chi connectivity index (χ4n) is 3.90. The maximum atomic E-state index is 13.9. The first-order chi connectivity index (χ1) is 17.5. The first kappa shape index (κ1) is 25.5. The summed E-state index contributed by atoms with van der Waals surface area (Å²) in [6, 6.07) is 14.9. The fourth-order valence-corrected chi connectivity index (χ4v) is 3.90. The number of carbonyl (C=O) groups is 3. The smallest absolute Gasteiger partial charge is 0.416 e. The van der Waals surface area contributed by atoms with Crippen LogP contribution in [0.25, 0.3) is 0 Å². The van der Waals surface area contributed by atoms with E-state index in [9.17, 15) is 27.6 Å². The van der Waals surface area contributed by atoms with Crippen molar-refractivity contribution in [2.75, 3.05) is 21.2 Å². The number of rotatable bonds is 6. The molecular formula is C26H22F3N3O5. The van der Waals surface area contributed by atoms with Gasteiger partial charge in [0.2, 0.25) is 0 Å². The number of ether oxygens (including phenoxy) is 1. The number of para-hydroxylation sites is 1. The van der Waals surface area contributed by atoms with Crippen molar-refractivity contribution in [2.24, 2.45) is 0 Å². The molecule has 37 heavy (non-hydrogen) atoms. The lowest BCUT2D eigenvalue weighted by atomic mass is 10.1. The number of nitrogens with zero attached hydrogens (tertiary/aromatic N) is 3. The molecule has 0 aliphatic carbocycles. The molecule has 11 heteroatoms. The highest BCUT2D eigenvalue weighted by Gasteiger charge is 2.41. The van der Waals surface area contributed by atoms with E-state index in [1.807, 2.05) is 0 Å². The summed E-state index contributed by atoms with van der Waals surface area (Å²) in [5.41, 5.74) is -0.548. The van der Waals surface area contributed by atoms with Crippen LogP contribution < -0.4 is 19.4 Å². The van der Waals surface area contributed by atoms with E-state index < -0.39 is 35.9 Å². The minimum absolute atomic E-state index is 0.0704. The molecule has 0 radical (unpaired) electrons. The van der Waals surface area contributed by atoms with Crippen LogP contribution in [-0.4, -0.2) is 35.8 Å². The lowest BCUT2D eigenvalue weighted by molar-refractivity contribution is -0.144. The van der Waals surface area contributed by atoms with Gasteiger partial charge in [0.25, 0.3) is 0 Å². The Morgan fingerprint density at radius 3 is 2.08 bits per heavy atom. The molecule has 4 rings (SSSR count). The molecule has 0 bridgehead atoms. The molecule has 192 valence electrons. The molecular weight excluding hydrogens is 491 g/mol. The van der Waals surface area contributed by atoms with E-state index in [1.165, 1.54) is 42.2 Å². The average molecular weight is 513 g/mol. The Morgan fingerprint density at radius 2 is 1.51 bits per heavy atom. The number of hydrogen-bond donors (Lipinski definition) is 1. The topological polar surface area (TPSA) is 90.4 Å². The van der Waals surface area contributed by atoms with E-state index >= 15 is 0 Å². The second kappa shape index (κ2) is 9.84. The number of halogens is 3. The number of aliphatic carboxylic acids is 1. The van der Waals surface area contributed by atoms with Gasteiger partial charge in [-0.3, -0.25) is 9.80 Å². The zero-order chi connectivity index (χ0) is 26.9. The van der Waals surface area contributed by atoms with Crippen LogP contribution in [0.3, 0.4) is 0 Å². The van der Waals surface area contributed by atoms with Crippen LogP contribution in [0.1, 0.15) is 19.4 Å². The third-order valence-corrected chi connectivity index (χ3v) is 5.73. The Bertz CT molecular complexity index is 1330. The van der Waals surface area contributed by atoms with Gasteiger partial charge in [-0.2, -0.15) is 13.2 Å². The standard InChI is InChI=1S/C26H22F3N3O5/c1-3-30-21-14-9-17(26(27,28)29)15-22(21)31(18-7-5-4-6-8-18)25(36)32(24(30)35)19-10-12-20(13-11-19)37-16(2)23(33)34/h4-16H,3H2,1-2H3,(H,33,34). The highest BCUT2D eigenvalue weighted by molar-refractivity contribution is 6.28. The quantitative estimate of drug-likeness (QED) is 0.419. The summed E-state index contributed by atoms with van der Waals surface area (Å²) in [6.45, 7) is 3.06. The average Bonchev–Trinajstić information content (AvgIpc) is 2.95. The van der Waals surface area contributed by atoms with Crippen molar-refractivity contribution in [2.45, 2.75) is 26.1 Å². The number of carboxylic acids is 1. The lowest BCUT2D eigenvalue weighted by Gasteiger charge is -2.27. The van der Waals surface area contributed by atoms with Gasteiger partial charge in [-0.05, 0) is 68.4 Å². The molecule has 4 amide bonds. The number of amides is 4. The van der Waals surface area contributed by atoms with Gasteiger partial charge in [0, 0.05) is 6.54 Å². The van der Waals surface area contributed by atoms with Crippen molar-refractivity contribution < 1.29 is 37.4 Å². The second-order valence-corrected chi connectivity index (χ2v) is 8.11. The molecule has 0 aromatic heterocycles. The van der Waals surface area contributed by atoms with Crippen molar-refractivity contribution >= 4 is 40.8 Å². The van der Waals surface area contributed by atoms with E-state index in [0.717, 1.165) is 21.9 Å². The SMILES string of the molecule is CCN1C(=O)N(c2ccc(OC(C)C(=O)O)cc2)C(=O)N(c2ccccc2)c2cc(C(F)(F)F)ccc21. The molecule has 0 spiro atoms. The monoisotopic (exact) mass is 513 g/mol. The van der Waals surface area contributed by atoms with Gasteiger partial charge in [0.05, 0.1) is 28.3 Å². The van der Waals surface area contributed by atoms with Crippen LogP contribution in [0.15, 0.2) is 72.8 Å². The van der Waals surface area contributed by atoms with E-state index in [1.54, 1.807) is 37.3 Å². The van der Waals surface area contributed by atoms with Gasteiger partial charge < -0.3 is 9.84 Å². The van der Waals surface area contributed by atoms with Gasteiger partial charge in [0.1, 0.15) is 5.75 Å². The van der Waals surface area contributed by atoms with Gasteiger partial charge in [-0.15, -0.1) is 0 Å². The minimum Gasteiger partial charge on any atom is -0.479 e. The summed E-state index contributed by atoms with van der Waals surface area (Å²) in [5, 5.41) is 9.05. The van der Waals surface area contributed by atoms with E-state index in [-0.39, 0.29) is 35.0 Å². The number of urea groups is 2. The molecule has 8 nitrogen and oxygen atoms in total. The lowest BCUT2D eigenvalue weighted by Crippen LogP contribution is -2.48. The van der Waals surface area contributed by atoms with Gasteiger partial charge >= 0.3 is 24.2 Å². The third-order valence-electron chi connectivity index (χ3n) is 5.73. The first-order valence-corrected chi connectivity index (χ1v) is 11.2. The van der Waals surface area contributed by atoms with Crippen molar-refractivity contribution in [3.63, 3.8) is 0 Å². The van der Waals surface area contributed by atoms with Crippen LogP contribution in [0.2, 0.25) is 0 Å². The Balaban J connectivity index is 1.86. The molecule has 1 N–H and O–H groups in total. The molecule has 0 saturated carbocycles. The Kier molecular flexibility index (Phi) is 6.80. The largest absolute Gasteiger partial charge is 0.479 e. The molecule has 1 atom stereocenters. The third kappa shape index (κ3) is 4.92. The number of imide groups is 1. The molecule has 3 aromatic carbocycles. The van der Waals surface area contributed by atoms with Gasteiger partial charge in [-0.25, -0.2) is 19.3 Å². The number of benzene rings is 3. The van der Waals surface area contributed by atoms with E-state index in [4.69, 9.17) is 9.84 Å². The fraction of sp³-hybridized carbons (Fsp3) is 0.192. The van der Waals surface area contributed by atoms with Crippen molar-refractivity contribution in [3.05, 3.63) is 78.4 Å². The number of alkyl halides is 3. The number of carboxylic acid groups (broad SMARTS) is 1. The Hall–Kier alpha value is -4.54. The highest BCUT2D eigenvalue weighted by atomic mass is 19.4. The van der Waals surface area contributed by atoms with Crippen molar-refractivity contribution in [1.29, 1.82) is 0 Å². The van der Waals surface area contributed by atoms with Crippen molar-refractivity contribution in [3.8, 4) is 5.75 Å². The van der Waals surface area contributed by atoms with Crippen LogP contribution in [0.4, 0.5) is 45.5 Å². The highest BCUT2D eigenvalue weighted by Crippen LogP contribution is 2.43. The predicted octanol–water partition coefficient (Wildman–Crippen LogP) is 6.28. The number of fused-ring (bicyclic) bond motifs is 1. The molecule has 1 aliphatic rings. The zero-order valence-corrected chi connectivity index (χ0v) is 19.8. The first-order valence-electron chi connectivity index (χ1n) is 11.2. The molecule has 1 unspecified atom stereocenters. The predicted molar refractivity (Wildman–Crippen MR) is 130 cm³/mol. The number of hydrogen-bond acceptors (Lipinski definition) is 4. The number of anilines is 4. The van der Waals surface area contributed by atoms with Crippen molar-refractivity contribution in [1.82, 2.24) is 0 Å². The maximum absolute atomic E-state index is 13.9. The van der Waals surface area contributed by atoms with Gasteiger partial charge in [0.15, 0.2) is 6.10 Å². The Morgan fingerprint density at radius 1 is 0.892 bits per heavy atom. The summed E-state index contributed by atoms with van der Waals surface area (Å²) < 4.78 is 46.2. The number of carbonyl (C=O) groups excluding carboxylic acids is 2. The molecule has 0 saturated heterocycles. The van der Waals surface area contributed by atoms with Crippen LogP contribution in [0, 0.1) is 0 Å². The summed E-state index contributed by atoms with van der Waals surface area (Å²) in [6.07, 6.45) is -5.80. The van der Waals surface area contributed by atoms with Crippen LogP contribution >= 0.6 is 0 Å².